The van der Waals surface area contributed by atoms with Crippen molar-refractivity contribution in [2.45, 2.75) is 50.9 Å². The average Bonchev–Trinajstić information content (AvgIpc) is 3.05. The highest BCUT2D eigenvalue weighted by Gasteiger charge is 2.38. The fourth-order valence-electron chi connectivity index (χ4n) is 1.72. The van der Waals surface area contributed by atoms with E-state index in [2.05, 4.69) is 0 Å². The number of carbonyl (C=O) groups is 1. The van der Waals surface area contributed by atoms with E-state index in [-0.39, 0.29) is 24.8 Å². The van der Waals surface area contributed by atoms with Crippen LogP contribution in [0.3, 0.4) is 0 Å². The van der Waals surface area contributed by atoms with E-state index < -0.39 is 18.3 Å². The second-order valence-electron chi connectivity index (χ2n) is 5.20. The van der Waals surface area contributed by atoms with Crippen molar-refractivity contribution in [1.82, 2.24) is 4.90 Å². The zero-order valence-electron chi connectivity index (χ0n) is 11.0. The van der Waals surface area contributed by atoms with Gasteiger partial charge in [-0.25, -0.2) is 0 Å². The molecule has 0 amide bonds. The molecule has 0 bridgehead atoms. The minimum Gasteiger partial charge on any atom is -0.371 e. The molecule has 0 atom stereocenters. The second-order valence-corrected chi connectivity index (χ2v) is 5.20. The summed E-state index contributed by atoms with van der Waals surface area (Å²) in [6.07, 6.45) is -2.54. The highest BCUT2D eigenvalue weighted by molar-refractivity contribution is 5.86. The highest BCUT2D eigenvalue weighted by Crippen LogP contribution is 2.30. The van der Waals surface area contributed by atoms with Crippen LogP contribution in [-0.4, -0.2) is 48.7 Å². The van der Waals surface area contributed by atoms with Crippen LogP contribution in [0, 0.1) is 0 Å². The first kappa shape index (κ1) is 15.4. The summed E-state index contributed by atoms with van der Waals surface area (Å²) >= 11 is 0. The Morgan fingerprint density at radius 3 is 2.28 bits per heavy atom. The molecule has 1 rings (SSSR count). The molecule has 1 saturated carbocycles. The lowest BCUT2D eigenvalue weighted by molar-refractivity contribution is -0.150. The molecular formula is C12H20F3NO2. The normalized spacial score (nSPS) is 17.3. The number of ketones is 1. The highest BCUT2D eigenvalue weighted by atomic mass is 19.4. The molecule has 0 saturated heterocycles. The third kappa shape index (κ3) is 4.94. The quantitative estimate of drug-likeness (QED) is 0.709. The van der Waals surface area contributed by atoms with Gasteiger partial charge in [0.1, 0.15) is 5.60 Å². The number of alkyl halides is 3. The van der Waals surface area contributed by atoms with E-state index in [0.29, 0.717) is 0 Å². The molecule has 0 aromatic carbocycles. The Bertz CT molecular complexity index is 298. The molecule has 0 heterocycles. The first-order chi connectivity index (χ1) is 8.15. The van der Waals surface area contributed by atoms with E-state index in [0.717, 1.165) is 12.8 Å². The summed E-state index contributed by atoms with van der Waals surface area (Å²) in [5.74, 6) is -0.169. The van der Waals surface area contributed by atoms with Gasteiger partial charge in [-0.05, 0) is 26.7 Å². The van der Waals surface area contributed by atoms with E-state index in [1.54, 1.807) is 13.8 Å². The lowest BCUT2D eigenvalue weighted by Crippen LogP contribution is -2.40. The van der Waals surface area contributed by atoms with Crippen LogP contribution >= 0.6 is 0 Å². The van der Waals surface area contributed by atoms with Crippen molar-refractivity contribution in [3.8, 4) is 0 Å². The van der Waals surface area contributed by atoms with Gasteiger partial charge in [0, 0.05) is 26.1 Å². The summed E-state index contributed by atoms with van der Waals surface area (Å²) in [5.41, 5.74) is -0.923. The standard InChI is InChI=1S/C12H20F3NO2/c1-11(2,18-3)10(17)6-7-16(9-4-5-9)8-12(13,14)15/h9H,4-8H2,1-3H3. The summed E-state index contributed by atoms with van der Waals surface area (Å²) in [6, 6.07) is -0.00918. The zero-order chi connectivity index (χ0) is 14.0. The van der Waals surface area contributed by atoms with Gasteiger partial charge in [-0.15, -0.1) is 0 Å². The molecule has 0 N–H and O–H groups in total. The molecule has 1 fully saturated rings. The zero-order valence-corrected chi connectivity index (χ0v) is 11.0. The van der Waals surface area contributed by atoms with Crippen LogP contribution in [0.5, 0.6) is 0 Å². The van der Waals surface area contributed by atoms with Crippen LogP contribution in [0.2, 0.25) is 0 Å². The van der Waals surface area contributed by atoms with Gasteiger partial charge >= 0.3 is 6.18 Å². The minimum atomic E-state index is -4.21. The lowest BCUT2D eigenvalue weighted by atomic mass is 10.0. The molecule has 1 aliphatic carbocycles. The SMILES string of the molecule is COC(C)(C)C(=O)CCN(CC(F)(F)F)C1CC1. The third-order valence-corrected chi connectivity index (χ3v) is 3.25. The van der Waals surface area contributed by atoms with Crippen molar-refractivity contribution in [3.63, 3.8) is 0 Å². The molecule has 0 unspecified atom stereocenters. The summed E-state index contributed by atoms with van der Waals surface area (Å²) < 4.78 is 42.1. The molecule has 106 valence electrons. The van der Waals surface area contributed by atoms with E-state index in [1.165, 1.54) is 12.0 Å². The number of hydrogen-bond donors (Lipinski definition) is 0. The number of halogens is 3. The van der Waals surface area contributed by atoms with Crippen molar-refractivity contribution in [2.24, 2.45) is 0 Å². The fourth-order valence-corrected chi connectivity index (χ4v) is 1.72. The van der Waals surface area contributed by atoms with Crippen LogP contribution in [-0.2, 0) is 9.53 Å². The van der Waals surface area contributed by atoms with Crippen LogP contribution in [0.1, 0.15) is 33.1 Å². The number of Topliss-reactive ketones (excluding diaryl/α,β-unsaturated/α-hetero) is 1. The molecule has 0 aromatic rings. The Morgan fingerprint density at radius 2 is 1.89 bits per heavy atom. The van der Waals surface area contributed by atoms with E-state index in [1.807, 2.05) is 0 Å². The van der Waals surface area contributed by atoms with Gasteiger partial charge in [0.15, 0.2) is 5.78 Å². The Hall–Kier alpha value is -0.620. The van der Waals surface area contributed by atoms with Gasteiger partial charge in [-0.1, -0.05) is 0 Å². The number of methoxy groups -OCH3 is 1. The lowest BCUT2D eigenvalue weighted by Gasteiger charge is -2.26. The molecule has 0 radical (unpaired) electrons. The van der Waals surface area contributed by atoms with Gasteiger partial charge < -0.3 is 4.74 Å². The van der Waals surface area contributed by atoms with Crippen molar-refractivity contribution in [2.75, 3.05) is 20.2 Å². The number of carbonyl (C=O) groups excluding carboxylic acids is 1. The van der Waals surface area contributed by atoms with E-state index in [4.69, 9.17) is 4.74 Å². The van der Waals surface area contributed by atoms with Gasteiger partial charge in [-0.2, -0.15) is 13.2 Å². The van der Waals surface area contributed by atoms with Gasteiger partial charge in [0.25, 0.3) is 0 Å². The topological polar surface area (TPSA) is 29.5 Å². The largest absolute Gasteiger partial charge is 0.401 e. The van der Waals surface area contributed by atoms with E-state index in [9.17, 15) is 18.0 Å². The maximum Gasteiger partial charge on any atom is 0.401 e. The number of hydrogen-bond acceptors (Lipinski definition) is 3. The van der Waals surface area contributed by atoms with Crippen LogP contribution in [0.25, 0.3) is 0 Å². The predicted octanol–water partition coefficient (Wildman–Crippen LogP) is 2.40. The monoisotopic (exact) mass is 267 g/mol. The van der Waals surface area contributed by atoms with Crippen LogP contribution in [0.4, 0.5) is 13.2 Å². The molecule has 6 heteroatoms. The van der Waals surface area contributed by atoms with Crippen molar-refractivity contribution in [1.29, 1.82) is 0 Å². The summed E-state index contributed by atoms with van der Waals surface area (Å²) in [6.45, 7) is 2.47. The second kappa shape index (κ2) is 5.57. The Kier molecular flexibility index (Phi) is 4.78. The molecule has 0 aromatic heterocycles. The Labute approximate surface area is 105 Å². The molecule has 0 aliphatic heterocycles. The number of nitrogens with zero attached hydrogens (tertiary/aromatic N) is 1. The van der Waals surface area contributed by atoms with Gasteiger partial charge in [-0.3, -0.25) is 9.69 Å². The molecule has 18 heavy (non-hydrogen) atoms. The first-order valence-corrected chi connectivity index (χ1v) is 6.05. The average molecular weight is 267 g/mol. The van der Waals surface area contributed by atoms with Crippen molar-refractivity contribution < 1.29 is 22.7 Å². The predicted molar refractivity (Wildman–Crippen MR) is 61.4 cm³/mol. The minimum absolute atomic E-state index is 0.00918. The molecular weight excluding hydrogens is 247 g/mol. The Morgan fingerprint density at radius 1 is 1.33 bits per heavy atom. The summed E-state index contributed by atoms with van der Waals surface area (Å²) in [5, 5.41) is 0. The van der Waals surface area contributed by atoms with Gasteiger partial charge in [0.05, 0.1) is 6.54 Å². The van der Waals surface area contributed by atoms with Crippen molar-refractivity contribution >= 4 is 5.78 Å². The first-order valence-electron chi connectivity index (χ1n) is 6.05. The Balaban J connectivity index is 2.46. The number of rotatable bonds is 7. The molecule has 1 aliphatic rings. The van der Waals surface area contributed by atoms with E-state index >= 15 is 0 Å². The molecule has 0 spiro atoms. The maximum absolute atomic E-state index is 12.4. The maximum atomic E-state index is 12.4. The molecule has 3 nitrogen and oxygen atoms in total. The smallest absolute Gasteiger partial charge is 0.371 e. The van der Waals surface area contributed by atoms with Crippen LogP contribution in [0.15, 0.2) is 0 Å². The van der Waals surface area contributed by atoms with Crippen molar-refractivity contribution in [3.05, 3.63) is 0 Å². The summed E-state index contributed by atoms with van der Waals surface area (Å²) in [4.78, 5) is 13.1. The third-order valence-electron chi connectivity index (χ3n) is 3.25. The fraction of sp³-hybridized carbons (Fsp3) is 0.917. The number of ether oxygens (including phenoxy) is 1. The van der Waals surface area contributed by atoms with Gasteiger partial charge in [0.2, 0.25) is 0 Å². The van der Waals surface area contributed by atoms with Crippen LogP contribution < -0.4 is 0 Å². The summed E-state index contributed by atoms with van der Waals surface area (Å²) in [7, 11) is 1.42.